The Labute approximate surface area is 127 Å². The number of rotatable bonds is 3. The molecule has 1 aliphatic heterocycles. The highest BCUT2D eigenvalue weighted by molar-refractivity contribution is 7.92. The summed E-state index contributed by atoms with van der Waals surface area (Å²) in [4.78, 5) is 14.5. The number of sulfone groups is 1. The first-order chi connectivity index (χ1) is 8.90. The van der Waals surface area contributed by atoms with E-state index in [0.29, 0.717) is 25.9 Å². The SMILES string of the molecule is CNC1CCCN(C(=O)C2(S(C)(=O)=O)CCCC2)C1.Cl. The van der Waals surface area contributed by atoms with Crippen LogP contribution in [0.5, 0.6) is 0 Å². The van der Waals surface area contributed by atoms with Crippen molar-refractivity contribution in [2.75, 3.05) is 26.4 Å². The third kappa shape index (κ3) is 3.12. The summed E-state index contributed by atoms with van der Waals surface area (Å²) in [6, 6.07) is 0.288. The summed E-state index contributed by atoms with van der Waals surface area (Å²) in [5, 5.41) is 3.19. The second-order valence-electron chi connectivity index (χ2n) is 5.85. The van der Waals surface area contributed by atoms with Crippen molar-refractivity contribution in [3.63, 3.8) is 0 Å². The minimum Gasteiger partial charge on any atom is -0.340 e. The van der Waals surface area contributed by atoms with Crippen LogP contribution in [0.15, 0.2) is 0 Å². The third-order valence-electron chi connectivity index (χ3n) is 4.63. The van der Waals surface area contributed by atoms with Crippen LogP contribution in [0, 0.1) is 0 Å². The average molecular weight is 325 g/mol. The van der Waals surface area contributed by atoms with Crippen molar-refractivity contribution in [3.05, 3.63) is 0 Å². The molecular formula is C13H25ClN2O3S. The number of likely N-dealkylation sites (N-methyl/N-ethyl adjacent to an activating group) is 1. The number of carbonyl (C=O) groups excluding carboxylic acids is 1. The number of nitrogens with zero attached hydrogens (tertiary/aromatic N) is 1. The lowest BCUT2D eigenvalue weighted by Gasteiger charge is -2.38. The standard InChI is InChI=1S/C13H24N2O3S.ClH/c1-14-11-6-5-9-15(10-11)12(16)13(19(2,17)18)7-3-4-8-13;/h11,14H,3-10H2,1-2H3;1H. The van der Waals surface area contributed by atoms with Gasteiger partial charge in [0.05, 0.1) is 0 Å². The van der Waals surface area contributed by atoms with Crippen LogP contribution < -0.4 is 5.32 Å². The van der Waals surface area contributed by atoms with Gasteiger partial charge in [0.2, 0.25) is 5.91 Å². The van der Waals surface area contributed by atoms with Gasteiger partial charge in [-0.1, -0.05) is 12.8 Å². The number of nitrogens with one attached hydrogen (secondary N) is 1. The van der Waals surface area contributed by atoms with E-state index in [1.807, 2.05) is 7.05 Å². The van der Waals surface area contributed by atoms with E-state index in [1.165, 1.54) is 6.26 Å². The number of hydrogen-bond acceptors (Lipinski definition) is 4. The van der Waals surface area contributed by atoms with E-state index in [9.17, 15) is 13.2 Å². The molecule has 118 valence electrons. The molecule has 1 atom stereocenters. The lowest BCUT2D eigenvalue weighted by Crippen LogP contribution is -2.56. The quantitative estimate of drug-likeness (QED) is 0.840. The Hall–Kier alpha value is -0.330. The zero-order valence-electron chi connectivity index (χ0n) is 12.2. The first-order valence-corrected chi connectivity index (χ1v) is 8.96. The van der Waals surface area contributed by atoms with Gasteiger partial charge in [-0.15, -0.1) is 12.4 Å². The van der Waals surface area contributed by atoms with Gasteiger partial charge in [-0.25, -0.2) is 8.42 Å². The lowest BCUT2D eigenvalue weighted by atomic mass is 10.0. The van der Waals surface area contributed by atoms with Crippen LogP contribution in [0.4, 0.5) is 0 Å². The summed E-state index contributed by atoms with van der Waals surface area (Å²) >= 11 is 0. The zero-order valence-corrected chi connectivity index (χ0v) is 13.9. The molecule has 5 nitrogen and oxygen atoms in total. The normalized spacial score (nSPS) is 26.1. The summed E-state index contributed by atoms with van der Waals surface area (Å²) in [7, 11) is -1.46. The summed E-state index contributed by atoms with van der Waals surface area (Å²) in [6.45, 7) is 1.32. The van der Waals surface area contributed by atoms with Gasteiger partial charge >= 0.3 is 0 Å². The zero-order chi connectivity index (χ0) is 14.1. The van der Waals surface area contributed by atoms with Gasteiger partial charge in [0.1, 0.15) is 0 Å². The predicted molar refractivity (Wildman–Crippen MR) is 82.0 cm³/mol. The summed E-state index contributed by atoms with van der Waals surface area (Å²) < 4.78 is 23.1. The topological polar surface area (TPSA) is 66.5 Å². The molecule has 0 aromatic heterocycles. The van der Waals surface area contributed by atoms with Gasteiger partial charge in [-0.3, -0.25) is 4.79 Å². The van der Waals surface area contributed by atoms with Crippen LogP contribution in [0.2, 0.25) is 0 Å². The molecular weight excluding hydrogens is 300 g/mol. The van der Waals surface area contributed by atoms with E-state index in [1.54, 1.807) is 4.90 Å². The monoisotopic (exact) mass is 324 g/mol. The largest absolute Gasteiger partial charge is 0.340 e. The number of piperidine rings is 1. The molecule has 1 unspecified atom stereocenters. The summed E-state index contributed by atoms with van der Waals surface area (Å²) in [5.74, 6) is -0.160. The molecule has 1 saturated heterocycles. The van der Waals surface area contributed by atoms with Crippen molar-refractivity contribution in [3.8, 4) is 0 Å². The van der Waals surface area contributed by atoms with Crippen molar-refractivity contribution < 1.29 is 13.2 Å². The summed E-state index contributed by atoms with van der Waals surface area (Å²) in [5.41, 5.74) is 0. The van der Waals surface area contributed by atoms with Crippen molar-refractivity contribution in [1.29, 1.82) is 0 Å². The van der Waals surface area contributed by atoms with Gasteiger partial charge in [-0.2, -0.15) is 0 Å². The number of carbonyl (C=O) groups is 1. The molecule has 0 radical (unpaired) electrons. The van der Waals surface area contributed by atoms with E-state index in [2.05, 4.69) is 5.32 Å². The number of halogens is 1. The molecule has 0 spiro atoms. The lowest BCUT2D eigenvalue weighted by molar-refractivity contribution is -0.135. The highest BCUT2D eigenvalue weighted by atomic mass is 35.5. The first-order valence-electron chi connectivity index (χ1n) is 7.07. The molecule has 2 aliphatic rings. The molecule has 1 N–H and O–H groups in total. The Morgan fingerprint density at radius 3 is 2.35 bits per heavy atom. The maximum absolute atomic E-state index is 12.7. The Balaban J connectivity index is 0.00000200. The fourth-order valence-corrected chi connectivity index (χ4v) is 4.85. The van der Waals surface area contributed by atoms with Crippen LogP contribution in [0.1, 0.15) is 38.5 Å². The van der Waals surface area contributed by atoms with Gasteiger partial charge in [-0.05, 0) is 32.7 Å². The first kappa shape index (κ1) is 17.7. The van der Waals surface area contributed by atoms with Crippen molar-refractivity contribution >= 4 is 28.2 Å². The number of amides is 1. The molecule has 0 aromatic carbocycles. The molecule has 1 amide bonds. The molecule has 0 bridgehead atoms. The second-order valence-corrected chi connectivity index (χ2v) is 8.18. The van der Waals surface area contributed by atoms with Crippen LogP contribution in [0.3, 0.4) is 0 Å². The van der Waals surface area contributed by atoms with E-state index in [0.717, 1.165) is 25.7 Å². The molecule has 1 heterocycles. The fraction of sp³-hybridized carbons (Fsp3) is 0.923. The Morgan fingerprint density at radius 2 is 1.85 bits per heavy atom. The van der Waals surface area contributed by atoms with Crippen molar-refractivity contribution in [1.82, 2.24) is 10.2 Å². The fourth-order valence-electron chi connectivity index (χ4n) is 3.37. The highest BCUT2D eigenvalue weighted by Gasteiger charge is 2.52. The van der Waals surface area contributed by atoms with Crippen LogP contribution >= 0.6 is 12.4 Å². The van der Waals surface area contributed by atoms with Crippen molar-refractivity contribution in [2.45, 2.75) is 49.3 Å². The Morgan fingerprint density at radius 1 is 1.25 bits per heavy atom. The smallest absolute Gasteiger partial charge is 0.244 e. The van der Waals surface area contributed by atoms with Crippen LogP contribution in [-0.4, -0.2) is 56.4 Å². The highest BCUT2D eigenvalue weighted by Crippen LogP contribution is 2.38. The van der Waals surface area contributed by atoms with Gasteiger partial charge in [0.15, 0.2) is 14.6 Å². The van der Waals surface area contributed by atoms with Gasteiger partial charge in [0.25, 0.3) is 0 Å². The molecule has 0 aromatic rings. The van der Waals surface area contributed by atoms with E-state index in [-0.39, 0.29) is 24.4 Å². The molecule has 20 heavy (non-hydrogen) atoms. The Kier molecular flexibility index (Phi) is 5.87. The average Bonchev–Trinajstić information content (AvgIpc) is 2.88. The second kappa shape index (κ2) is 6.62. The molecule has 1 saturated carbocycles. The molecule has 1 aliphatic carbocycles. The maximum Gasteiger partial charge on any atom is 0.244 e. The predicted octanol–water partition coefficient (Wildman–Crippen LogP) is 0.976. The number of hydrogen-bond donors (Lipinski definition) is 1. The van der Waals surface area contributed by atoms with E-state index in [4.69, 9.17) is 0 Å². The van der Waals surface area contributed by atoms with Crippen molar-refractivity contribution in [2.24, 2.45) is 0 Å². The van der Waals surface area contributed by atoms with E-state index < -0.39 is 14.6 Å². The van der Waals surface area contributed by atoms with Crippen LogP contribution in [0.25, 0.3) is 0 Å². The molecule has 7 heteroatoms. The maximum atomic E-state index is 12.7. The van der Waals surface area contributed by atoms with Crippen LogP contribution in [-0.2, 0) is 14.6 Å². The summed E-state index contributed by atoms with van der Waals surface area (Å²) in [6.07, 6.45) is 5.86. The Bertz CT molecular complexity index is 447. The molecule has 2 fully saturated rings. The van der Waals surface area contributed by atoms with Gasteiger partial charge < -0.3 is 10.2 Å². The minimum atomic E-state index is -3.35. The minimum absolute atomic E-state index is 0. The van der Waals surface area contributed by atoms with E-state index >= 15 is 0 Å². The third-order valence-corrected chi connectivity index (χ3v) is 6.63. The number of likely N-dealkylation sites (tertiary alicyclic amines) is 1. The van der Waals surface area contributed by atoms with Gasteiger partial charge in [0, 0.05) is 25.4 Å². The molecule has 2 rings (SSSR count).